The SMILES string of the molecule is CCCCCCc1cn(C(=O)CC2CCCCC2)c(=O)n1Cc1ccc(-c2ccccc2-c2nn[nH]n2)cc1. The molecule has 2 aromatic carbocycles. The number of nitrogens with one attached hydrogen (secondary N) is 1. The third-order valence-corrected chi connectivity index (χ3v) is 7.92. The Morgan fingerprint density at radius 3 is 2.46 bits per heavy atom. The molecule has 39 heavy (non-hydrogen) atoms. The van der Waals surface area contributed by atoms with Gasteiger partial charge in [-0.3, -0.25) is 9.36 Å². The summed E-state index contributed by atoms with van der Waals surface area (Å²) in [6.07, 6.45) is 13.4. The number of unbranched alkanes of at least 4 members (excludes halogenated alkanes) is 3. The molecule has 0 unspecified atom stereocenters. The van der Waals surface area contributed by atoms with Gasteiger partial charge in [0.1, 0.15) is 0 Å². The zero-order chi connectivity index (χ0) is 27.0. The van der Waals surface area contributed by atoms with Gasteiger partial charge in [-0.25, -0.2) is 9.36 Å². The van der Waals surface area contributed by atoms with Crippen molar-refractivity contribution in [3.8, 4) is 22.5 Å². The van der Waals surface area contributed by atoms with Crippen molar-refractivity contribution in [3.05, 3.63) is 76.5 Å². The lowest BCUT2D eigenvalue weighted by molar-refractivity contribution is 0.0863. The molecule has 8 nitrogen and oxygen atoms in total. The number of H-pyrrole nitrogens is 1. The standard InChI is InChI=1S/C31H38N6O2/c1-2-3-4-8-13-26-22-37(29(38)20-23-11-6-5-7-12-23)31(39)36(26)21-24-16-18-25(19-17-24)27-14-9-10-15-28(27)30-32-34-35-33-30/h9-10,14-19,22-23H,2-8,11-13,20-21H2,1H3,(H,32,33,34,35). The van der Waals surface area contributed by atoms with Crippen LogP contribution in [0.3, 0.4) is 0 Å². The summed E-state index contributed by atoms with van der Waals surface area (Å²) in [6, 6.07) is 16.2. The van der Waals surface area contributed by atoms with Crippen LogP contribution < -0.4 is 5.69 Å². The topological polar surface area (TPSA) is 98.5 Å². The average molecular weight is 527 g/mol. The maximum absolute atomic E-state index is 13.5. The Kier molecular flexibility index (Phi) is 8.81. The van der Waals surface area contributed by atoms with Crippen LogP contribution in [0, 0.1) is 5.92 Å². The molecule has 0 aliphatic heterocycles. The van der Waals surface area contributed by atoms with E-state index in [1.165, 1.54) is 30.3 Å². The molecule has 204 valence electrons. The van der Waals surface area contributed by atoms with E-state index in [4.69, 9.17) is 0 Å². The first kappa shape index (κ1) is 26.8. The van der Waals surface area contributed by atoms with Crippen LogP contribution in [0.4, 0.5) is 0 Å². The van der Waals surface area contributed by atoms with Gasteiger partial charge in [0.25, 0.3) is 0 Å². The number of aromatic amines is 1. The van der Waals surface area contributed by atoms with Gasteiger partial charge >= 0.3 is 5.69 Å². The number of carbonyl (C=O) groups is 1. The summed E-state index contributed by atoms with van der Waals surface area (Å²) in [5.74, 6) is 0.888. The summed E-state index contributed by atoms with van der Waals surface area (Å²) >= 11 is 0. The second-order valence-electron chi connectivity index (χ2n) is 10.7. The Labute approximate surface area is 229 Å². The molecule has 0 saturated heterocycles. The molecule has 1 N–H and O–H groups in total. The van der Waals surface area contributed by atoms with E-state index in [9.17, 15) is 9.59 Å². The minimum Gasteiger partial charge on any atom is -0.292 e. The van der Waals surface area contributed by atoms with Gasteiger partial charge in [0.05, 0.1) is 6.54 Å². The number of imidazole rings is 1. The molecule has 0 amide bonds. The molecule has 1 saturated carbocycles. The second kappa shape index (κ2) is 12.8. The van der Waals surface area contributed by atoms with Crippen molar-refractivity contribution >= 4 is 5.91 Å². The molecule has 5 rings (SSSR count). The van der Waals surface area contributed by atoms with Crippen LogP contribution in [-0.4, -0.2) is 35.7 Å². The number of hydrogen-bond acceptors (Lipinski definition) is 5. The number of benzene rings is 2. The van der Waals surface area contributed by atoms with Crippen molar-refractivity contribution in [1.82, 2.24) is 29.8 Å². The minimum atomic E-state index is -0.215. The fraction of sp³-hybridized carbons (Fsp3) is 0.452. The van der Waals surface area contributed by atoms with Gasteiger partial charge in [-0.15, -0.1) is 10.2 Å². The highest BCUT2D eigenvalue weighted by molar-refractivity contribution is 5.80. The van der Waals surface area contributed by atoms with E-state index in [-0.39, 0.29) is 11.6 Å². The molecular weight excluding hydrogens is 488 g/mol. The summed E-state index contributed by atoms with van der Waals surface area (Å²) < 4.78 is 3.19. The summed E-state index contributed by atoms with van der Waals surface area (Å²) in [6.45, 7) is 2.64. The maximum Gasteiger partial charge on any atom is 0.335 e. The van der Waals surface area contributed by atoms with Crippen molar-refractivity contribution in [2.75, 3.05) is 0 Å². The Balaban J connectivity index is 1.38. The van der Waals surface area contributed by atoms with Crippen molar-refractivity contribution in [2.45, 2.75) is 84.1 Å². The molecule has 1 aliphatic carbocycles. The van der Waals surface area contributed by atoms with E-state index >= 15 is 0 Å². The molecule has 0 radical (unpaired) electrons. The lowest BCUT2D eigenvalue weighted by atomic mass is 9.87. The number of aryl methyl sites for hydroxylation is 1. The first-order valence-electron chi connectivity index (χ1n) is 14.4. The summed E-state index contributed by atoms with van der Waals surface area (Å²) in [7, 11) is 0. The Morgan fingerprint density at radius 1 is 0.974 bits per heavy atom. The van der Waals surface area contributed by atoms with Crippen LogP contribution in [0.5, 0.6) is 0 Å². The third kappa shape index (κ3) is 6.44. The highest BCUT2D eigenvalue weighted by Crippen LogP contribution is 2.30. The van der Waals surface area contributed by atoms with Crippen LogP contribution in [0.15, 0.2) is 59.5 Å². The monoisotopic (exact) mass is 526 g/mol. The molecular formula is C31H38N6O2. The Bertz CT molecular complexity index is 1410. The van der Waals surface area contributed by atoms with Crippen LogP contribution in [-0.2, 0) is 13.0 Å². The molecule has 4 aromatic rings. The number of carbonyl (C=O) groups excluding carboxylic acids is 1. The molecule has 2 heterocycles. The van der Waals surface area contributed by atoms with E-state index in [1.54, 1.807) is 4.57 Å². The van der Waals surface area contributed by atoms with E-state index in [1.807, 2.05) is 30.5 Å². The van der Waals surface area contributed by atoms with E-state index in [2.05, 4.69) is 51.8 Å². The Morgan fingerprint density at radius 2 is 1.74 bits per heavy atom. The molecule has 1 fully saturated rings. The summed E-state index contributed by atoms with van der Waals surface area (Å²) in [5.41, 5.74) is 4.70. The van der Waals surface area contributed by atoms with Gasteiger partial charge in [-0.05, 0) is 53.5 Å². The highest BCUT2D eigenvalue weighted by atomic mass is 16.2. The Hall–Kier alpha value is -3.81. The predicted octanol–water partition coefficient (Wildman–Crippen LogP) is 6.28. The average Bonchev–Trinajstić information content (AvgIpc) is 3.61. The van der Waals surface area contributed by atoms with Crippen LogP contribution in [0.1, 0.15) is 87.2 Å². The van der Waals surface area contributed by atoms with Gasteiger partial charge in [0.15, 0.2) is 0 Å². The van der Waals surface area contributed by atoms with E-state index in [0.717, 1.165) is 66.5 Å². The fourth-order valence-electron chi connectivity index (χ4n) is 5.72. The maximum atomic E-state index is 13.5. The van der Waals surface area contributed by atoms with Crippen LogP contribution in [0.2, 0.25) is 0 Å². The largest absolute Gasteiger partial charge is 0.335 e. The van der Waals surface area contributed by atoms with Crippen LogP contribution >= 0.6 is 0 Å². The third-order valence-electron chi connectivity index (χ3n) is 7.92. The minimum absolute atomic E-state index is 0.0612. The van der Waals surface area contributed by atoms with Gasteiger partial charge in [-0.1, -0.05) is 94.0 Å². The van der Waals surface area contributed by atoms with Crippen molar-refractivity contribution < 1.29 is 4.79 Å². The van der Waals surface area contributed by atoms with Crippen LogP contribution in [0.25, 0.3) is 22.5 Å². The number of aromatic nitrogens is 6. The molecule has 1 aliphatic rings. The van der Waals surface area contributed by atoms with Crippen molar-refractivity contribution in [2.24, 2.45) is 5.92 Å². The molecule has 8 heteroatoms. The number of rotatable bonds is 11. The number of hydrogen-bond donors (Lipinski definition) is 1. The highest BCUT2D eigenvalue weighted by Gasteiger charge is 2.22. The number of tetrazole rings is 1. The van der Waals surface area contributed by atoms with E-state index in [0.29, 0.717) is 24.7 Å². The van der Waals surface area contributed by atoms with Gasteiger partial charge in [0, 0.05) is 23.9 Å². The smallest absolute Gasteiger partial charge is 0.292 e. The van der Waals surface area contributed by atoms with E-state index < -0.39 is 0 Å². The first-order chi connectivity index (χ1) is 19.1. The normalized spacial score (nSPS) is 14.1. The quantitative estimate of drug-likeness (QED) is 0.232. The van der Waals surface area contributed by atoms with Crippen molar-refractivity contribution in [1.29, 1.82) is 0 Å². The molecule has 0 atom stereocenters. The lowest BCUT2D eigenvalue weighted by Gasteiger charge is -2.20. The zero-order valence-corrected chi connectivity index (χ0v) is 22.8. The number of nitrogens with zero attached hydrogens (tertiary/aromatic N) is 5. The van der Waals surface area contributed by atoms with Gasteiger partial charge in [-0.2, -0.15) is 5.21 Å². The fourth-order valence-corrected chi connectivity index (χ4v) is 5.72. The zero-order valence-electron chi connectivity index (χ0n) is 22.8. The predicted molar refractivity (Wildman–Crippen MR) is 153 cm³/mol. The summed E-state index contributed by atoms with van der Waals surface area (Å²) in [5, 5.41) is 14.5. The first-order valence-corrected chi connectivity index (χ1v) is 14.4. The molecule has 0 bridgehead atoms. The van der Waals surface area contributed by atoms with Gasteiger partial charge < -0.3 is 0 Å². The molecule has 0 spiro atoms. The second-order valence-corrected chi connectivity index (χ2v) is 10.7. The van der Waals surface area contributed by atoms with Crippen molar-refractivity contribution in [3.63, 3.8) is 0 Å². The van der Waals surface area contributed by atoms with Gasteiger partial charge in [0.2, 0.25) is 11.7 Å². The lowest BCUT2D eigenvalue weighted by Crippen LogP contribution is -2.30. The summed E-state index contributed by atoms with van der Waals surface area (Å²) in [4.78, 5) is 26.7. The molecule has 2 aromatic heterocycles.